The molecular weight excluding hydrogens is 294 g/mol. The normalized spacial score (nSPS) is 21.0. The lowest BCUT2D eigenvalue weighted by Gasteiger charge is -2.27. The predicted octanol–water partition coefficient (Wildman–Crippen LogP) is 1.18. The van der Waals surface area contributed by atoms with E-state index in [4.69, 9.17) is 9.47 Å². The number of carbonyl (C=O) groups is 1. The van der Waals surface area contributed by atoms with Gasteiger partial charge in [-0.05, 0) is 43.0 Å². The van der Waals surface area contributed by atoms with Gasteiger partial charge in [0.1, 0.15) is 18.9 Å². The Morgan fingerprint density at radius 2 is 1.83 bits per heavy atom. The molecule has 0 radical (unpaired) electrons. The summed E-state index contributed by atoms with van der Waals surface area (Å²) in [6, 6.07) is 6.93. The molecule has 1 aliphatic heterocycles. The highest BCUT2D eigenvalue weighted by Gasteiger charge is 2.18. The maximum Gasteiger partial charge on any atom is 0.337 e. The van der Waals surface area contributed by atoms with Crippen molar-refractivity contribution in [3.63, 3.8) is 0 Å². The molecule has 2 rings (SSSR count). The van der Waals surface area contributed by atoms with E-state index < -0.39 is 0 Å². The first-order valence-corrected chi connectivity index (χ1v) is 8.41. The summed E-state index contributed by atoms with van der Waals surface area (Å²) >= 11 is 0. The minimum atomic E-state index is -0.338. The van der Waals surface area contributed by atoms with Gasteiger partial charge in [0.2, 0.25) is 0 Å². The van der Waals surface area contributed by atoms with Crippen LogP contribution in [-0.4, -0.2) is 52.5 Å². The Kier molecular flexibility index (Phi) is 7.36. The van der Waals surface area contributed by atoms with Crippen molar-refractivity contribution < 1.29 is 23.9 Å². The molecule has 0 bridgehead atoms. The molecule has 0 unspecified atom stereocenters. The van der Waals surface area contributed by atoms with Crippen LogP contribution in [0.2, 0.25) is 0 Å². The number of hydrogen-bond donors (Lipinski definition) is 1. The Bertz CT molecular complexity index is 466. The van der Waals surface area contributed by atoms with E-state index in [1.54, 1.807) is 29.2 Å². The average molecular weight is 322 g/mol. The Hall–Kier alpha value is -1.59. The zero-order chi connectivity index (χ0) is 16.5. The van der Waals surface area contributed by atoms with Crippen LogP contribution in [0.4, 0.5) is 0 Å². The number of benzene rings is 1. The van der Waals surface area contributed by atoms with Crippen LogP contribution in [0, 0.1) is 5.92 Å². The molecule has 128 valence electrons. The Balaban J connectivity index is 1.54. The van der Waals surface area contributed by atoms with Gasteiger partial charge in [0.25, 0.3) is 0 Å². The molecule has 1 heterocycles. The second-order valence-corrected chi connectivity index (χ2v) is 6.16. The summed E-state index contributed by atoms with van der Waals surface area (Å²) in [6.07, 6.45) is 2.67. The highest BCUT2D eigenvalue weighted by molar-refractivity contribution is 5.89. The third kappa shape index (κ3) is 6.20. The number of piperidine rings is 1. The van der Waals surface area contributed by atoms with Gasteiger partial charge in [-0.2, -0.15) is 0 Å². The zero-order valence-electron chi connectivity index (χ0n) is 14.2. The third-order valence-corrected chi connectivity index (χ3v) is 4.35. The molecule has 23 heavy (non-hydrogen) atoms. The second kappa shape index (κ2) is 9.53. The number of likely N-dealkylation sites (tertiary alicyclic amines) is 1. The lowest BCUT2D eigenvalue weighted by atomic mass is 9.99. The number of hydrogen-bond acceptors (Lipinski definition) is 4. The van der Waals surface area contributed by atoms with Crippen molar-refractivity contribution in [2.75, 3.05) is 46.6 Å². The molecule has 0 atom stereocenters. The van der Waals surface area contributed by atoms with Crippen molar-refractivity contribution >= 4 is 5.97 Å². The van der Waals surface area contributed by atoms with E-state index in [9.17, 15) is 4.79 Å². The minimum absolute atomic E-state index is 0.338. The van der Waals surface area contributed by atoms with Crippen LogP contribution in [0.25, 0.3) is 0 Å². The third-order valence-electron chi connectivity index (χ3n) is 4.35. The number of nitrogens with one attached hydrogen (secondary N) is 1. The van der Waals surface area contributed by atoms with Gasteiger partial charge < -0.3 is 19.1 Å². The standard InChI is InChI=1S/C18H27NO4/c1-15-7-9-19(10-8-15)11-12-22-13-14-23-17-5-3-16(4-6-17)18(20)21-2/h3-6,15H,7-14H2,1-2H3/p+1. The molecule has 0 aromatic heterocycles. The van der Waals surface area contributed by atoms with E-state index in [1.807, 2.05) is 0 Å². The van der Waals surface area contributed by atoms with Gasteiger partial charge in [-0.1, -0.05) is 6.92 Å². The van der Waals surface area contributed by atoms with E-state index >= 15 is 0 Å². The maximum absolute atomic E-state index is 11.3. The summed E-state index contributed by atoms with van der Waals surface area (Å²) < 4.78 is 15.9. The van der Waals surface area contributed by atoms with Gasteiger partial charge in [-0.25, -0.2) is 4.79 Å². The van der Waals surface area contributed by atoms with Crippen molar-refractivity contribution in [1.29, 1.82) is 0 Å². The van der Waals surface area contributed by atoms with Gasteiger partial charge >= 0.3 is 5.97 Å². The van der Waals surface area contributed by atoms with E-state index in [2.05, 4.69) is 11.7 Å². The Morgan fingerprint density at radius 3 is 2.48 bits per heavy atom. The SMILES string of the molecule is COC(=O)c1ccc(OCCOCC[NH+]2CCC(C)CC2)cc1. The highest BCUT2D eigenvalue weighted by Crippen LogP contribution is 2.12. The first-order valence-electron chi connectivity index (χ1n) is 8.41. The van der Waals surface area contributed by atoms with Crippen LogP contribution in [0.1, 0.15) is 30.1 Å². The summed E-state index contributed by atoms with van der Waals surface area (Å²) in [5, 5.41) is 0. The van der Waals surface area contributed by atoms with Gasteiger partial charge in [-0.3, -0.25) is 0 Å². The van der Waals surface area contributed by atoms with Crippen LogP contribution >= 0.6 is 0 Å². The predicted molar refractivity (Wildman–Crippen MR) is 88.1 cm³/mol. The first-order chi connectivity index (χ1) is 11.2. The van der Waals surface area contributed by atoms with Crippen molar-refractivity contribution in [3.05, 3.63) is 29.8 Å². The number of carbonyl (C=O) groups excluding carboxylic acids is 1. The van der Waals surface area contributed by atoms with E-state index in [0.717, 1.165) is 24.8 Å². The molecule has 1 aromatic rings. The number of methoxy groups -OCH3 is 1. The Morgan fingerprint density at radius 1 is 1.13 bits per heavy atom. The smallest absolute Gasteiger partial charge is 0.337 e. The van der Waals surface area contributed by atoms with Crippen LogP contribution in [0.15, 0.2) is 24.3 Å². The summed E-state index contributed by atoms with van der Waals surface area (Å²) in [7, 11) is 1.37. The summed E-state index contributed by atoms with van der Waals surface area (Å²) in [4.78, 5) is 13.0. The lowest BCUT2D eigenvalue weighted by molar-refractivity contribution is -0.906. The highest BCUT2D eigenvalue weighted by atomic mass is 16.5. The van der Waals surface area contributed by atoms with Crippen LogP contribution in [0.5, 0.6) is 5.75 Å². The number of ether oxygens (including phenoxy) is 3. The largest absolute Gasteiger partial charge is 0.491 e. The zero-order valence-corrected chi connectivity index (χ0v) is 14.2. The fourth-order valence-corrected chi connectivity index (χ4v) is 2.76. The average Bonchev–Trinajstić information content (AvgIpc) is 2.59. The number of esters is 1. The molecule has 0 spiro atoms. The number of quaternary nitrogens is 1. The molecule has 5 heteroatoms. The van der Waals surface area contributed by atoms with Crippen LogP contribution in [-0.2, 0) is 9.47 Å². The van der Waals surface area contributed by atoms with Crippen molar-refractivity contribution in [2.45, 2.75) is 19.8 Å². The van der Waals surface area contributed by atoms with Crippen LogP contribution in [0.3, 0.4) is 0 Å². The molecule has 1 aliphatic rings. The second-order valence-electron chi connectivity index (χ2n) is 6.16. The molecule has 0 saturated carbocycles. The van der Waals surface area contributed by atoms with E-state index in [-0.39, 0.29) is 5.97 Å². The topological polar surface area (TPSA) is 49.2 Å². The van der Waals surface area contributed by atoms with Gasteiger partial charge in [0, 0.05) is 0 Å². The van der Waals surface area contributed by atoms with Gasteiger partial charge in [0.15, 0.2) is 0 Å². The molecule has 5 nitrogen and oxygen atoms in total. The first kappa shape index (κ1) is 17.8. The molecule has 0 amide bonds. The Labute approximate surface area is 138 Å². The molecule has 1 fully saturated rings. The van der Waals surface area contributed by atoms with Crippen molar-refractivity contribution in [2.24, 2.45) is 5.92 Å². The van der Waals surface area contributed by atoms with Crippen molar-refractivity contribution in [3.8, 4) is 5.75 Å². The van der Waals surface area contributed by atoms with E-state index in [0.29, 0.717) is 18.8 Å². The van der Waals surface area contributed by atoms with Gasteiger partial charge in [-0.15, -0.1) is 0 Å². The van der Waals surface area contributed by atoms with Crippen LogP contribution < -0.4 is 9.64 Å². The maximum atomic E-state index is 11.3. The molecule has 1 aromatic carbocycles. The quantitative estimate of drug-likeness (QED) is 0.577. The summed E-state index contributed by atoms with van der Waals surface area (Å²) in [5.74, 6) is 1.28. The van der Waals surface area contributed by atoms with Gasteiger partial charge in [0.05, 0.1) is 39.0 Å². The fraction of sp³-hybridized carbons (Fsp3) is 0.611. The monoisotopic (exact) mass is 322 g/mol. The lowest BCUT2D eigenvalue weighted by Crippen LogP contribution is -3.13. The van der Waals surface area contributed by atoms with E-state index in [1.165, 1.54) is 33.0 Å². The minimum Gasteiger partial charge on any atom is -0.491 e. The summed E-state index contributed by atoms with van der Waals surface area (Å²) in [6.45, 7) is 7.85. The number of rotatable bonds is 8. The van der Waals surface area contributed by atoms with Crippen molar-refractivity contribution in [1.82, 2.24) is 0 Å². The molecule has 0 aliphatic carbocycles. The molecular formula is C18H28NO4+. The summed E-state index contributed by atoms with van der Waals surface area (Å²) in [5.41, 5.74) is 0.523. The molecule has 1 N–H and O–H groups in total. The molecule has 1 saturated heterocycles. The fourth-order valence-electron chi connectivity index (χ4n) is 2.76.